The highest BCUT2D eigenvalue weighted by Gasteiger charge is 2.26. The van der Waals surface area contributed by atoms with Crippen LogP contribution in [0.5, 0.6) is 0 Å². The van der Waals surface area contributed by atoms with Crippen LogP contribution in [0.3, 0.4) is 0 Å². The van der Waals surface area contributed by atoms with Crippen LogP contribution in [0.25, 0.3) is 0 Å². The average Bonchev–Trinajstić information content (AvgIpc) is 2.69. The van der Waals surface area contributed by atoms with E-state index in [9.17, 15) is 9.90 Å². The van der Waals surface area contributed by atoms with Gasteiger partial charge in [0.1, 0.15) is 0 Å². The van der Waals surface area contributed by atoms with Gasteiger partial charge in [0, 0.05) is 13.1 Å². The van der Waals surface area contributed by atoms with Gasteiger partial charge < -0.3 is 15.3 Å². The second kappa shape index (κ2) is 12.8. The molecule has 152 valence electrons. The van der Waals surface area contributed by atoms with E-state index >= 15 is 0 Å². The molecule has 4 nitrogen and oxygen atoms in total. The molecule has 0 bridgehead atoms. The van der Waals surface area contributed by atoms with Gasteiger partial charge in [0.05, 0.1) is 12.1 Å². The lowest BCUT2D eigenvalue weighted by molar-refractivity contribution is 0.0893. The van der Waals surface area contributed by atoms with Gasteiger partial charge in [0.25, 0.3) is 0 Å². The van der Waals surface area contributed by atoms with E-state index in [1.165, 1.54) is 38.5 Å². The van der Waals surface area contributed by atoms with Gasteiger partial charge >= 0.3 is 6.03 Å². The maximum absolute atomic E-state index is 12.9. The van der Waals surface area contributed by atoms with Crippen molar-refractivity contribution in [2.24, 2.45) is 0 Å². The molecule has 0 aromatic heterocycles. The summed E-state index contributed by atoms with van der Waals surface area (Å²) in [5, 5.41) is 13.3. The molecule has 2 rings (SSSR count). The third kappa shape index (κ3) is 8.34. The fraction of sp³-hybridized carbons (Fsp3) is 0.696. The fourth-order valence-corrected chi connectivity index (χ4v) is 3.85. The molecule has 1 aromatic carbocycles. The molecule has 1 aliphatic carbocycles. The summed E-state index contributed by atoms with van der Waals surface area (Å²) < 4.78 is 0. The number of carbonyl (C=O) groups is 1. The summed E-state index contributed by atoms with van der Waals surface area (Å²) in [7, 11) is 0. The van der Waals surface area contributed by atoms with Gasteiger partial charge in [-0.05, 0) is 24.8 Å². The van der Waals surface area contributed by atoms with Crippen molar-refractivity contribution in [3.05, 3.63) is 35.9 Å². The van der Waals surface area contributed by atoms with Crippen LogP contribution in [0.4, 0.5) is 4.79 Å². The molecule has 0 radical (unpaired) electrons. The Bertz CT molecular complexity index is 520. The maximum Gasteiger partial charge on any atom is 0.318 e. The van der Waals surface area contributed by atoms with Crippen molar-refractivity contribution in [3.63, 3.8) is 0 Å². The molecular weight excluding hydrogens is 336 g/mol. The number of aliphatic hydroxyl groups excluding tert-OH is 1. The lowest BCUT2D eigenvalue weighted by Gasteiger charge is -2.31. The second-order valence-corrected chi connectivity index (χ2v) is 7.94. The summed E-state index contributed by atoms with van der Waals surface area (Å²) in [4.78, 5) is 14.8. The van der Waals surface area contributed by atoms with Crippen molar-refractivity contribution in [1.29, 1.82) is 0 Å². The Morgan fingerprint density at radius 2 is 1.70 bits per heavy atom. The third-order valence-electron chi connectivity index (χ3n) is 5.57. The fourth-order valence-electron chi connectivity index (χ4n) is 3.85. The van der Waals surface area contributed by atoms with Crippen LogP contribution in [0, 0.1) is 0 Å². The normalized spacial score (nSPS) is 19.6. The number of aliphatic hydroxyl groups is 1. The number of hydrogen-bond acceptors (Lipinski definition) is 2. The van der Waals surface area contributed by atoms with Crippen LogP contribution in [-0.2, 0) is 6.54 Å². The molecular formula is C23H38N2O2. The number of unbranched alkanes of at least 4 members (excludes halogenated alkanes) is 6. The Labute approximate surface area is 165 Å². The van der Waals surface area contributed by atoms with E-state index in [2.05, 4.69) is 24.4 Å². The quantitative estimate of drug-likeness (QED) is 0.520. The Kier molecular flexibility index (Phi) is 10.3. The molecule has 2 amide bonds. The lowest BCUT2D eigenvalue weighted by atomic mass is 9.93. The summed E-state index contributed by atoms with van der Waals surface area (Å²) in [6, 6.07) is 10.0. The minimum atomic E-state index is -0.403. The van der Waals surface area contributed by atoms with E-state index in [0.29, 0.717) is 6.54 Å². The number of nitrogens with zero attached hydrogens (tertiary/aromatic N) is 1. The Hall–Kier alpha value is -1.55. The highest BCUT2D eigenvalue weighted by Crippen LogP contribution is 2.19. The summed E-state index contributed by atoms with van der Waals surface area (Å²) >= 11 is 0. The van der Waals surface area contributed by atoms with E-state index in [1.807, 2.05) is 23.1 Å². The molecule has 1 aliphatic rings. The van der Waals surface area contributed by atoms with Crippen molar-refractivity contribution in [3.8, 4) is 0 Å². The molecule has 4 heteroatoms. The number of benzene rings is 1. The Morgan fingerprint density at radius 1 is 1.04 bits per heavy atom. The van der Waals surface area contributed by atoms with E-state index < -0.39 is 6.10 Å². The number of hydrogen-bond donors (Lipinski definition) is 2. The number of nitrogens with one attached hydrogen (secondary N) is 1. The van der Waals surface area contributed by atoms with Gasteiger partial charge in [-0.3, -0.25) is 0 Å². The Morgan fingerprint density at radius 3 is 2.41 bits per heavy atom. The van der Waals surface area contributed by atoms with Crippen LogP contribution in [0.15, 0.2) is 30.3 Å². The SMILES string of the molecule is CCCCCCCCCN(Cc1ccccc1)C(=O)N[C@H]1CCCC[C@@H]1O. The zero-order chi connectivity index (χ0) is 19.3. The predicted octanol–water partition coefficient (Wildman–Crippen LogP) is 5.25. The molecule has 0 saturated heterocycles. The average molecular weight is 375 g/mol. The van der Waals surface area contributed by atoms with Crippen LogP contribution in [-0.4, -0.2) is 34.7 Å². The van der Waals surface area contributed by atoms with Gasteiger partial charge in [0.15, 0.2) is 0 Å². The molecule has 0 heterocycles. The summed E-state index contributed by atoms with van der Waals surface area (Å²) in [5.74, 6) is 0. The third-order valence-corrected chi connectivity index (χ3v) is 5.57. The largest absolute Gasteiger partial charge is 0.391 e. The molecule has 27 heavy (non-hydrogen) atoms. The molecule has 0 spiro atoms. The van der Waals surface area contributed by atoms with Gasteiger partial charge in [0.2, 0.25) is 0 Å². The first-order valence-electron chi connectivity index (χ1n) is 11.0. The topological polar surface area (TPSA) is 52.6 Å². The van der Waals surface area contributed by atoms with Crippen molar-refractivity contribution in [2.75, 3.05) is 6.54 Å². The zero-order valence-electron chi connectivity index (χ0n) is 17.0. The Balaban J connectivity index is 1.83. The maximum atomic E-state index is 12.9. The van der Waals surface area contributed by atoms with Gasteiger partial charge in [-0.15, -0.1) is 0 Å². The summed E-state index contributed by atoms with van der Waals surface area (Å²) in [6.45, 7) is 3.64. The molecule has 2 N–H and O–H groups in total. The molecule has 1 fully saturated rings. The second-order valence-electron chi connectivity index (χ2n) is 7.94. The number of rotatable bonds is 11. The van der Waals surface area contributed by atoms with Gasteiger partial charge in [-0.25, -0.2) is 4.79 Å². The summed E-state index contributed by atoms with van der Waals surface area (Å²) in [6.07, 6.45) is 12.1. The highest BCUT2D eigenvalue weighted by molar-refractivity contribution is 5.74. The van der Waals surface area contributed by atoms with Gasteiger partial charge in [-0.1, -0.05) is 88.6 Å². The van der Waals surface area contributed by atoms with Crippen LogP contribution in [0.2, 0.25) is 0 Å². The van der Waals surface area contributed by atoms with E-state index in [0.717, 1.165) is 44.2 Å². The van der Waals surface area contributed by atoms with Crippen molar-refractivity contribution < 1.29 is 9.90 Å². The summed E-state index contributed by atoms with van der Waals surface area (Å²) in [5.41, 5.74) is 1.15. The smallest absolute Gasteiger partial charge is 0.318 e. The van der Waals surface area contributed by atoms with E-state index in [1.54, 1.807) is 0 Å². The minimum absolute atomic E-state index is 0.0317. The standard InChI is InChI=1S/C23H38N2O2/c1-2-3-4-5-6-7-13-18-25(19-20-14-9-8-10-15-20)23(27)24-21-16-11-12-17-22(21)26/h8-10,14-15,21-22,26H,2-7,11-13,16-19H2,1H3,(H,24,27)/t21-,22-/m0/s1. The van der Waals surface area contributed by atoms with Crippen LogP contribution < -0.4 is 5.32 Å². The monoisotopic (exact) mass is 374 g/mol. The molecule has 0 unspecified atom stereocenters. The first-order valence-corrected chi connectivity index (χ1v) is 11.0. The molecule has 0 aliphatic heterocycles. The minimum Gasteiger partial charge on any atom is -0.391 e. The first-order chi connectivity index (χ1) is 13.2. The molecule has 2 atom stereocenters. The number of amides is 2. The highest BCUT2D eigenvalue weighted by atomic mass is 16.3. The van der Waals surface area contributed by atoms with E-state index in [-0.39, 0.29) is 12.1 Å². The lowest BCUT2D eigenvalue weighted by Crippen LogP contribution is -2.50. The predicted molar refractivity (Wildman–Crippen MR) is 112 cm³/mol. The van der Waals surface area contributed by atoms with E-state index in [4.69, 9.17) is 0 Å². The number of urea groups is 1. The molecule has 1 saturated carbocycles. The zero-order valence-corrected chi connectivity index (χ0v) is 17.0. The van der Waals surface area contributed by atoms with Gasteiger partial charge in [-0.2, -0.15) is 0 Å². The molecule has 1 aromatic rings. The van der Waals surface area contributed by atoms with Crippen molar-refractivity contribution in [2.45, 2.75) is 96.2 Å². The van der Waals surface area contributed by atoms with Crippen molar-refractivity contribution in [1.82, 2.24) is 10.2 Å². The van der Waals surface area contributed by atoms with Crippen molar-refractivity contribution >= 4 is 6.03 Å². The van der Waals surface area contributed by atoms with Crippen LogP contribution in [0.1, 0.15) is 83.1 Å². The number of carbonyl (C=O) groups excluding carboxylic acids is 1. The van der Waals surface area contributed by atoms with Crippen LogP contribution >= 0.6 is 0 Å². The first kappa shape index (κ1) is 21.7.